The van der Waals surface area contributed by atoms with Crippen LogP contribution in [0.25, 0.3) is 0 Å². The third kappa shape index (κ3) is 7.42. The van der Waals surface area contributed by atoms with Crippen LogP contribution in [0.3, 0.4) is 0 Å². The van der Waals surface area contributed by atoms with Crippen molar-refractivity contribution in [2.24, 2.45) is 5.73 Å². The summed E-state index contributed by atoms with van der Waals surface area (Å²) in [5.74, 6) is -2.67. The minimum atomic E-state index is -3.84. The SMILES string of the molecule is Nc1ccc(S(=O)(=O)N2CCNC[C@@H]2CCc2c(F)cncc2CC(=O)[C@@H](N)C(c2ccc(F)cc2)c2ccc(F)cc2)cc1. The summed E-state index contributed by atoms with van der Waals surface area (Å²) >= 11 is 0. The Bertz CT molecular complexity index is 1690. The van der Waals surface area contributed by atoms with Crippen molar-refractivity contribution < 1.29 is 26.4 Å². The van der Waals surface area contributed by atoms with Gasteiger partial charge in [-0.25, -0.2) is 21.6 Å². The van der Waals surface area contributed by atoms with Crippen LogP contribution in [0.2, 0.25) is 0 Å². The fourth-order valence-corrected chi connectivity index (χ4v) is 7.42. The number of nitrogens with zero attached hydrogens (tertiary/aromatic N) is 2. The van der Waals surface area contributed by atoms with Crippen molar-refractivity contribution in [3.8, 4) is 0 Å². The molecule has 5 N–H and O–H groups in total. The van der Waals surface area contributed by atoms with Gasteiger partial charge < -0.3 is 16.8 Å². The lowest BCUT2D eigenvalue weighted by Crippen LogP contribution is -2.53. The van der Waals surface area contributed by atoms with Crippen molar-refractivity contribution in [1.29, 1.82) is 0 Å². The van der Waals surface area contributed by atoms with Crippen LogP contribution in [0, 0.1) is 17.5 Å². The average Bonchev–Trinajstić information content (AvgIpc) is 3.03. The summed E-state index contributed by atoms with van der Waals surface area (Å²) in [7, 11) is -3.84. The highest BCUT2D eigenvalue weighted by molar-refractivity contribution is 7.89. The highest BCUT2D eigenvalue weighted by Gasteiger charge is 2.34. The van der Waals surface area contributed by atoms with E-state index in [0.29, 0.717) is 35.5 Å². The van der Waals surface area contributed by atoms with Gasteiger partial charge in [-0.3, -0.25) is 9.78 Å². The van der Waals surface area contributed by atoms with E-state index in [4.69, 9.17) is 11.5 Å². The monoisotopic (exact) mass is 637 g/mol. The number of pyridine rings is 1. The predicted molar refractivity (Wildman–Crippen MR) is 165 cm³/mol. The summed E-state index contributed by atoms with van der Waals surface area (Å²) in [6.45, 7) is 1.08. The number of rotatable bonds is 11. The van der Waals surface area contributed by atoms with E-state index in [1.807, 2.05) is 0 Å². The van der Waals surface area contributed by atoms with Crippen LogP contribution < -0.4 is 16.8 Å². The minimum Gasteiger partial charge on any atom is -0.399 e. The zero-order valence-corrected chi connectivity index (χ0v) is 25.2. The largest absolute Gasteiger partial charge is 0.399 e. The molecular formula is C33H34F3N5O3S. The van der Waals surface area contributed by atoms with Crippen LogP contribution >= 0.6 is 0 Å². The molecule has 3 aromatic carbocycles. The number of nitrogens with two attached hydrogens (primary N) is 2. The number of hydrogen-bond donors (Lipinski definition) is 3. The van der Waals surface area contributed by atoms with Crippen LogP contribution in [0.4, 0.5) is 18.9 Å². The van der Waals surface area contributed by atoms with Crippen molar-refractivity contribution in [2.75, 3.05) is 25.4 Å². The Morgan fingerprint density at radius 3 is 2.13 bits per heavy atom. The van der Waals surface area contributed by atoms with Crippen LogP contribution in [-0.4, -0.2) is 55.2 Å². The highest BCUT2D eigenvalue weighted by atomic mass is 32.2. The Kier molecular flexibility index (Phi) is 9.98. The van der Waals surface area contributed by atoms with Crippen molar-refractivity contribution in [2.45, 2.75) is 42.2 Å². The summed E-state index contributed by atoms with van der Waals surface area (Å²) < 4.78 is 71.0. The van der Waals surface area contributed by atoms with E-state index < -0.39 is 51.3 Å². The van der Waals surface area contributed by atoms with Crippen molar-refractivity contribution >= 4 is 21.5 Å². The third-order valence-electron chi connectivity index (χ3n) is 8.16. The van der Waals surface area contributed by atoms with Crippen LogP contribution in [0.1, 0.15) is 34.6 Å². The number of nitrogen functional groups attached to an aromatic ring is 1. The van der Waals surface area contributed by atoms with E-state index in [1.165, 1.54) is 83.3 Å². The molecule has 5 rings (SSSR count). The number of sulfonamides is 1. The number of carbonyl (C=O) groups is 1. The first-order valence-corrected chi connectivity index (χ1v) is 16.0. The number of anilines is 1. The second-order valence-electron chi connectivity index (χ2n) is 11.1. The van der Waals surface area contributed by atoms with Crippen LogP contribution in [0.5, 0.6) is 0 Å². The van der Waals surface area contributed by atoms with Crippen molar-refractivity contribution in [1.82, 2.24) is 14.6 Å². The molecule has 1 saturated heterocycles. The smallest absolute Gasteiger partial charge is 0.243 e. The van der Waals surface area contributed by atoms with E-state index in [-0.39, 0.29) is 36.3 Å². The number of ketones is 1. The maximum absolute atomic E-state index is 15.2. The highest BCUT2D eigenvalue weighted by Crippen LogP contribution is 2.30. The van der Waals surface area contributed by atoms with Gasteiger partial charge >= 0.3 is 0 Å². The molecule has 0 unspecified atom stereocenters. The van der Waals surface area contributed by atoms with E-state index in [9.17, 15) is 22.0 Å². The number of piperazine rings is 1. The Balaban J connectivity index is 1.36. The lowest BCUT2D eigenvalue weighted by Gasteiger charge is -2.35. The molecule has 0 aliphatic carbocycles. The van der Waals surface area contributed by atoms with Gasteiger partial charge in [-0.15, -0.1) is 0 Å². The molecule has 2 heterocycles. The topological polar surface area (TPSA) is 131 Å². The first-order chi connectivity index (χ1) is 21.5. The predicted octanol–water partition coefficient (Wildman–Crippen LogP) is 3.95. The molecule has 12 heteroatoms. The number of aromatic nitrogens is 1. The van der Waals surface area contributed by atoms with E-state index in [2.05, 4.69) is 10.3 Å². The normalized spacial score (nSPS) is 16.5. The zero-order valence-electron chi connectivity index (χ0n) is 24.4. The zero-order chi connectivity index (χ0) is 32.1. The van der Waals surface area contributed by atoms with Gasteiger partial charge in [-0.2, -0.15) is 4.31 Å². The van der Waals surface area contributed by atoms with Gasteiger partial charge in [0, 0.05) is 49.9 Å². The standard InChI is InChI=1S/C33H34F3N5O3S/c34-24-5-1-21(2-6-24)32(22-3-7-25(35)8-4-22)33(38)31(42)17-23-18-40-20-30(36)29(23)14-11-27-19-39-15-16-41(27)45(43,44)28-12-9-26(37)10-13-28/h1-10,12-13,18,20,27,32-33,39H,11,14-17,19,37-38H2/t27-,33+/m0/s1. The molecule has 1 aliphatic rings. The molecule has 0 amide bonds. The fraction of sp³-hybridized carbons (Fsp3) is 0.273. The van der Waals surface area contributed by atoms with E-state index >= 15 is 4.39 Å². The summed E-state index contributed by atoms with van der Waals surface area (Å²) in [4.78, 5) is 17.7. The molecule has 1 fully saturated rings. The molecule has 8 nitrogen and oxygen atoms in total. The van der Waals surface area contributed by atoms with Crippen molar-refractivity contribution in [3.63, 3.8) is 0 Å². The van der Waals surface area contributed by atoms with Gasteiger partial charge in [0.2, 0.25) is 10.0 Å². The number of carbonyl (C=O) groups excluding carboxylic acids is 1. The third-order valence-corrected chi connectivity index (χ3v) is 10.1. The maximum atomic E-state index is 15.2. The Labute approximate surface area is 260 Å². The number of nitrogens with one attached hydrogen (secondary N) is 1. The lowest BCUT2D eigenvalue weighted by atomic mass is 9.82. The summed E-state index contributed by atoms with van der Waals surface area (Å²) in [5.41, 5.74) is 14.4. The number of benzene rings is 3. The average molecular weight is 638 g/mol. The minimum absolute atomic E-state index is 0.121. The summed E-state index contributed by atoms with van der Waals surface area (Å²) in [6.07, 6.45) is 2.66. The maximum Gasteiger partial charge on any atom is 0.243 e. The molecule has 1 aliphatic heterocycles. The van der Waals surface area contributed by atoms with Crippen LogP contribution in [-0.2, 0) is 27.7 Å². The van der Waals surface area contributed by atoms with Gasteiger partial charge in [0.25, 0.3) is 0 Å². The second kappa shape index (κ2) is 13.9. The van der Waals surface area contributed by atoms with E-state index in [0.717, 1.165) is 6.20 Å². The molecule has 1 aromatic heterocycles. The molecule has 236 valence electrons. The van der Waals surface area contributed by atoms with Gasteiger partial charge in [0.15, 0.2) is 5.78 Å². The Morgan fingerprint density at radius 1 is 0.933 bits per heavy atom. The van der Waals surface area contributed by atoms with Gasteiger partial charge in [-0.1, -0.05) is 24.3 Å². The molecule has 0 saturated carbocycles. The molecule has 0 spiro atoms. The molecule has 45 heavy (non-hydrogen) atoms. The quantitative estimate of drug-likeness (QED) is 0.212. The first kappa shape index (κ1) is 32.3. The molecule has 0 bridgehead atoms. The number of halogens is 3. The van der Waals surface area contributed by atoms with Crippen LogP contribution in [0.15, 0.2) is 90.1 Å². The number of hydrogen-bond acceptors (Lipinski definition) is 7. The molecule has 0 radical (unpaired) electrons. The van der Waals surface area contributed by atoms with E-state index in [1.54, 1.807) is 0 Å². The fourth-order valence-electron chi connectivity index (χ4n) is 5.76. The summed E-state index contributed by atoms with van der Waals surface area (Å²) in [6, 6.07) is 15.5. The lowest BCUT2D eigenvalue weighted by molar-refractivity contribution is -0.119. The van der Waals surface area contributed by atoms with Gasteiger partial charge in [-0.05, 0) is 83.6 Å². The summed E-state index contributed by atoms with van der Waals surface area (Å²) in [5, 5.41) is 3.21. The molecular weight excluding hydrogens is 603 g/mol. The Morgan fingerprint density at radius 2 is 1.53 bits per heavy atom. The van der Waals surface area contributed by atoms with Gasteiger partial charge in [0.05, 0.1) is 17.1 Å². The van der Waals surface area contributed by atoms with Gasteiger partial charge in [0.1, 0.15) is 17.5 Å². The molecule has 2 atom stereocenters. The number of Topliss-reactive ketones (excluding diaryl/α,β-unsaturated/α-hetero) is 1. The second-order valence-corrected chi connectivity index (χ2v) is 13.0. The van der Waals surface area contributed by atoms with Crippen molar-refractivity contribution in [3.05, 3.63) is 125 Å². The first-order valence-electron chi connectivity index (χ1n) is 14.5. The Hall–Kier alpha value is -4.10. The molecule has 4 aromatic rings.